The predicted molar refractivity (Wildman–Crippen MR) is 48.1 cm³/mol. The number of carbonyl (C=O) groups is 1. The number of primary amides is 1. The molecule has 3 N–H and O–H groups in total. The molecule has 2 rings (SSSR count). The van der Waals surface area contributed by atoms with Crippen LogP contribution in [0.4, 0.5) is 4.79 Å². The molecule has 0 aromatic carbocycles. The van der Waals surface area contributed by atoms with E-state index in [1.54, 1.807) is 0 Å². The van der Waals surface area contributed by atoms with Crippen LogP contribution < -0.4 is 10.7 Å². The van der Waals surface area contributed by atoms with Gasteiger partial charge in [-0.2, -0.15) is 0 Å². The molecule has 0 aromatic rings. The van der Waals surface area contributed by atoms with Gasteiger partial charge in [-0.25, -0.2) is 0 Å². The van der Waals surface area contributed by atoms with Crippen LogP contribution in [0.25, 0.3) is 11.1 Å². The Morgan fingerprint density at radius 1 is 1.27 bits per heavy atom. The summed E-state index contributed by atoms with van der Waals surface area (Å²) in [4.78, 5) is 11.8. The Balaban J connectivity index is 0.000000114. The second-order valence-electron chi connectivity index (χ2n) is 2.19. The predicted octanol–water partition coefficient (Wildman–Crippen LogP) is -0.398. The van der Waals surface area contributed by atoms with Crippen LogP contribution in [0.1, 0.15) is 0 Å². The molecular formula is C7H10N2OSi. The van der Waals surface area contributed by atoms with Gasteiger partial charge in [0, 0.05) is 0 Å². The molecule has 2 aliphatic rings. The van der Waals surface area contributed by atoms with E-state index in [-0.39, 0.29) is 0 Å². The minimum Gasteiger partial charge on any atom is -0.373 e. The fraction of sp³-hybridized carbons (Fsp3) is 0. The minimum atomic E-state index is -0.434. The summed E-state index contributed by atoms with van der Waals surface area (Å²) in [7, 11) is 0.649. The number of urea groups is 1. The summed E-state index contributed by atoms with van der Waals surface area (Å²) in [6.45, 7) is 0. The standard InChI is InChI=1S/C6H4.CH6N2OSi/c1-2-6-4-3-5(1)6;2-1(4)3-5/h1-4H;5H3,(H3,2,3,4). The van der Waals surface area contributed by atoms with E-state index < -0.39 is 6.03 Å². The summed E-state index contributed by atoms with van der Waals surface area (Å²) in [6.07, 6.45) is 0. The van der Waals surface area contributed by atoms with Gasteiger partial charge in [-0.05, 0) is 11.1 Å². The average Bonchev–Trinajstić information content (AvgIpc) is 1.98. The average molecular weight is 166 g/mol. The highest BCUT2D eigenvalue weighted by atomic mass is 28.2. The van der Waals surface area contributed by atoms with E-state index in [9.17, 15) is 4.79 Å². The molecule has 0 saturated heterocycles. The lowest BCUT2D eigenvalue weighted by atomic mass is 9.95. The van der Waals surface area contributed by atoms with Crippen LogP contribution in [-0.4, -0.2) is 16.4 Å². The molecule has 0 bridgehead atoms. The number of nitrogens with two attached hydrogens (primary N) is 1. The second-order valence-corrected chi connectivity index (χ2v) is 2.69. The number of hydrogen-bond acceptors (Lipinski definition) is 1. The normalized spacial score (nSPS) is 9.45. The third kappa shape index (κ3) is 1.81. The maximum Gasteiger partial charge on any atom is 0.303 e. The van der Waals surface area contributed by atoms with Crippen molar-refractivity contribution in [3.8, 4) is 11.1 Å². The SMILES string of the molecule is NC(=O)N[SiH3].c1cc2ccc1-2. The van der Waals surface area contributed by atoms with Gasteiger partial charge in [-0.1, -0.05) is 24.3 Å². The molecule has 2 aliphatic carbocycles. The molecule has 0 spiro atoms. The Kier molecular flexibility index (Phi) is 2.27. The van der Waals surface area contributed by atoms with Gasteiger partial charge < -0.3 is 10.7 Å². The Morgan fingerprint density at radius 2 is 1.55 bits per heavy atom. The topological polar surface area (TPSA) is 55.1 Å². The maximum atomic E-state index is 9.51. The van der Waals surface area contributed by atoms with Crippen molar-refractivity contribution in [2.75, 3.05) is 0 Å². The number of fused-ring (bicyclic) bond motifs is 1. The van der Waals surface area contributed by atoms with Crippen molar-refractivity contribution >= 4 is 16.4 Å². The third-order valence-corrected chi connectivity index (χ3v) is 1.96. The first-order valence-electron chi connectivity index (χ1n) is 3.31. The molecule has 0 heterocycles. The van der Waals surface area contributed by atoms with Gasteiger partial charge in [0.25, 0.3) is 0 Å². The number of rotatable bonds is 0. The lowest BCUT2D eigenvalue weighted by Crippen LogP contribution is -2.26. The van der Waals surface area contributed by atoms with Gasteiger partial charge in [-0.15, -0.1) is 0 Å². The van der Waals surface area contributed by atoms with Crippen LogP contribution in [0.15, 0.2) is 24.3 Å². The van der Waals surface area contributed by atoms with Gasteiger partial charge in [0.1, 0.15) is 10.4 Å². The van der Waals surface area contributed by atoms with Crippen LogP contribution in [0.3, 0.4) is 0 Å². The summed E-state index contributed by atoms with van der Waals surface area (Å²) in [6, 6.07) is 8.05. The Bertz CT molecular complexity index is 237. The van der Waals surface area contributed by atoms with Crippen LogP contribution in [0.5, 0.6) is 0 Å². The first-order chi connectivity index (χ1) is 5.24. The van der Waals surface area contributed by atoms with E-state index >= 15 is 0 Å². The highest BCUT2D eigenvalue weighted by Crippen LogP contribution is 2.29. The zero-order valence-electron chi connectivity index (χ0n) is 6.29. The van der Waals surface area contributed by atoms with Crippen molar-refractivity contribution in [2.24, 2.45) is 5.73 Å². The summed E-state index contributed by atoms with van der Waals surface area (Å²) in [5.41, 5.74) is 7.43. The number of carbonyl (C=O) groups excluding carboxylic acids is 1. The van der Waals surface area contributed by atoms with E-state index in [1.165, 1.54) is 11.1 Å². The van der Waals surface area contributed by atoms with Gasteiger partial charge in [0.2, 0.25) is 0 Å². The molecule has 0 aliphatic heterocycles. The van der Waals surface area contributed by atoms with E-state index in [0.29, 0.717) is 10.4 Å². The molecule has 0 aromatic heterocycles. The van der Waals surface area contributed by atoms with Crippen molar-refractivity contribution < 1.29 is 4.79 Å². The van der Waals surface area contributed by atoms with E-state index in [2.05, 4.69) is 35.0 Å². The Morgan fingerprint density at radius 3 is 1.55 bits per heavy atom. The third-order valence-electron chi connectivity index (χ3n) is 1.46. The molecule has 0 atom stereocenters. The van der Waals surface area contributed by atoms with Crippen LogP contribution >= 0.6 is 0 Å². The fourth-order valence-corrected chi connectivity index (χ4v) is 0.663. The molecule has 0 fully saturated rings. The lowest BCUT2D eigenvalue weighted by molar-refractivity contribution is 0.254. The summed E-state index contributed by atoms with van der Waals surface area (Å²) >= 11 is 0. The van der Waals surface area contributed by atoms with E-state index in [0.717, 1.165) is 0 Å². The smallest absolute Gasteiger partial charge is 0.303 e. The van der Waals surface area contributed by atoms with Crippen molar-refractivity contribution in [2.45, 2.75) is 0 Å². The number of benzene rings is 1. The summed E-state index contributed by atoms with van der Waals surface area (Å²) < 4.78 is 0. The van der Waals surface area contributed by atoms with Crippen molar-refractivity contribution in [3.05, 3.63) is 24.3 Å². The van der Waals surface area contributed by atoms with Gasteiger partial charge in [-0.3, -0.25) is 4.79 Å². The molecule has 2 amide bonds. The van der Waals surface area contributed by atoms with Gasteiger partial charge in [0.05, 0.1) is 0 Å². The quantitative estimate of drug-likeness (QED) is 0.514. The molecule has 0 unspecified atom stereocenters. The lowest BCUT2D eigenvalue weighted by Gasteiger charge is -2.10. The monoisotopic (exact) mass is 166 g/mol. The molecule has 4 heteroatoms. The molecule has 0 radical (unpaired) electrons. The first kappa shape index (κ1) is 7.81. The van der Waals surface area contributed by atoms with Crippen molar-refractivity contribution in [3.63, 3.8) is 0 Å². The van der Waals surface area contributed by atoms with Crippen molar-refractivity contribution in [1.82, 2.24) is 4.98 Å². The number of hydrogen-bond donors (Lipinski definition) is 2. The van der Waals surface area contributed by atoms with Crippen LogP contribution in [0, 0.1) is 0 Å². The van der Waals surface area contributed by atoms with E-state index in [4.69, 9.17) is 0 Å². The highest BCUT2D eigenvalue weighted by Gasteiger charge is 2.03. The largest absolute Gasteiger partial charge is 0.373 e. The number of amides is 2. The maximum absolute atomic E-state index is 9.51. The van der Waals surface area contributed by atoms with Crippen LogP contribution in [-0.2, 0) is 0 Å². The summed E-state index contributed by atoms with van der Waals surface area (Å²) in [5, 5.41) is 0. The Hall–Kier alpha value is -1.29. The molecular weight excluding hydrogens is 156 g/mol. The molecule has 3 nitrogen and oxygen atoms in total. The molecule has 0 saturated carbocycles. The van der Waals surface area contributed by atoms with Crippen molar-refractivity contribution in [1.29, 1.82) is 0 Å². The zero-order chi connectivity index (χ0) is 8.27. The highest BCUT2D eigenvalue weighted by molar-refractivity contribution is 6.13. The van der Waals surface area contributed by atoms with Gasteiger partial charge >= 0.3 is 6.03 Å². The van der Waals surface area contributed by atoms with Crippen LogP contribution in [0.2, 0.25) is 0 Å². The second kappa shape index (κ2) is 3.20. The van der Waals surface area contributed by atoms with E-state index in [1.807, 2.05) is 0 Å². The summed E-state index contributed by atoms with van der Waals surface area (Å²) in [5.74, 6) is 0. The minimum absolute atomic E-state index is 0.434. The number of nitrogens with one attached hydrogen (secondary N) is 1. The molecule has 11 heavy (non-hydrogen) atoms. The fourth-order valence-electron chi connectivity index (χ4n) is 0.663. The molecule has 58 valence electrons. The first-order valence-corrected chi connectivity index (χ1v) is 4.31. The van der Waals surface area contributed by atoms with Gasteiger partial charge in [0.15, 0.2) is 0 Å². The zero-order valence-corrected chi connectivity index (χ0v) is 8.29. The Labute approximate surface area is 68.1 Å².